The number of nitrogens with two attached hydrogens (primary N) is 1. The third-order valence-electron chi connectivity index (χ3n) is 4.93. The van der Waals surface area contributed by atoms with Crippen LogP contribution in [0, 0.1) is 12.8 Å². The third-order valence-corrected chi connectivity index (χ3v) is 4.93. The fraction of sp³-hybridized carbons (Fsp3) is 0.667. The second-order valence-corrected chi connectivity index (χ2v) is 6.76. The quantitative estimate of drug-likeness (QED) is 0.921. The van der Waals surface area contributed by atoms with E-state index in [1.54, 1.807) is 0 Å². The van der Waals surface area contributed by atoms with Crippen molar-refractivity contribution in [2.45, 2.75) is 51.5 Å². The summed E-state index contributed by atoms with van der Waals surface area (Å²) >= 11 is 0. The van der Waals surface area contributed by atoms with Crippen molar-refractivity contribution in [3.63, 3.8) is 0 Å². The number of aryl methyl sites for hydroxylation is 1. The summed E-state index contributed by atoms with van der Waals surface area (Å²) in [5, 5.41) is 0. The highest BCUT2D eigenvalue weighted by Crippen LogP contribution is 2.29. The molecule has 2 aliphatic rings. The van der Waals surface area contributed by atoms with E-state index in [4.69, 9.17) is 10.5 Å². The molecule has 0 spiro atoms. The van der Waals surface area contributed by atoms with Crippen LogP contribution in [0.1, 0.15) is 44.1 Å². The van der Waals surface area contributed by atoms with E-state index in [0.29, 0.717) is 6.04 Å². The summed E-state index contributed by atoms with van der Waals surface area (Å²) in [7, 11) is 0. The first kappa shape index (κ1) is 14.7. The highest BCUT2D eigenvalue weighted by atomic mass is 16.5. The van der Waals surface area contributed by atoms with Crippen LogP contribution in [0.25, 0.3) is 0 Å². The molecule has 2 fully saturated rings. The molecule has 0 aromatic heterocycles. The number of ether oxygens (including phenoxy) is 1. The first-order chi connectivity index (χ1) is 10.2. The molecule has 1 aromatic carbocycles. The molecule has 1 aromatic rings. The van der Waals surface area contributed by atoms with Crippen molar-refractivity contribution in [3.05, 3.63) is 23.8 Å². The number of hydrogen-bond donors (Lipinski definition) is 1. The molecule has 1 atom stereocenters. The number of piperidine rings is 1. The van der Waals surface area contributed by atoms with Gasteiger partial charge in [0.05, 0.1) is 6.61 Å². The zero-order chi connectivity index (χ0) is 14.7. The van der Waals surface area contributed by atoms with Crippen molar-refractivity contribution in [2.24, 2.45) is 11.7 Å². The zero-order valence-electron chi connectivity index (χ0n) is 13.2. The average molecular weight is 288 g/mol. The summed E-state index contributed by atoms with van der Waals surface area (Å²) in [5.41, 5.74) is 8.71. The predicted molar refractivity (Wildman–Crippen MR) is 88.1 cm³/mol. The lowest BCUT2D eigenvalue weighted by Gasteiger charge is -2.33. The smallest absolute Gasteiger partial charge is 0.119 e. The van der Waals surface area contributed by atoms with E-state index >= 15 is 0 Å². The van der Waals surface area contributed by atoms with Crippen LogP contribution in [0.4, 0.5) is 5.69 Å². The van der Waals surface area contributed by atoms with Gasteiger partial charge in [-0.2, -0.15) is 0 Å². The first-order valence-electron chi connectivity index (χ1n) is 8.46. The Morgan fingerprint density at radius 2 is 2.00 bits per heavy atom. The molecule has 3 rings (SSSR count). The molecule has 2 N–H and O–H groups in total. The van der Waals surface area contributed by atoms with E-state index in [1.807, 2.05) is 0 Å². The van der Waals surface area contributed by atoms with E-state index in [9.17, 15) is 0 Å². The molecular formula is C18H28N2O. The second-order valence-electron chi connectivity index (χ2n) is 6.76. The molecule has 1 saturated heterocycles. The molecule has 3 nitrogen and oxygen atoms in total. The minimum atomic E-state index is 0.316. The summed E-state index contributed by atoms with van der Waals surface area (Å²) in [6, 6.07) is 6.83. The van der Waals surface area contributed by atoms with Crippen LogP contribution >= 0.6 is 0 Å². The summed E-state index contributed by atoms with van der Waals surface area (Å²) in [4.78, 5) is 2.42. The molecule has 1 aliphatic carbocycles. The fourth-order valence-electron chi connectivity index (χ4n) is 3.69. The number of nitrogens with zero attached hydrogens (tertiary/aromatic N) is 1. The van der Waals surface area contributed by atoms with Crippen LogP contribution in [0.5, 0.6) is 5.75 Å². The molecule has 1 saturated carbocycles. The highest BCUT2D eigenvalue weighted by molar-refractivity contribution is 5.56. The monoisotopic (exact) mass is 288 g/mol. The zero-order valence-corrected chi connectivity index (χ0v) is 13.2. The summed E-state index contributed by atoms with van der Waals surface area (Å²) in [5.74, 6) is 1.79. The molecule has 0 amide bonds. The molecule has 0 radical (unpaired) electrons. The van der Waals surface area contributed by atoms with Gasteiger partial charge in [-0.05, 0) is 62.3 Å². The fourth-order valence-corrected chi connectivity index (χ4v) is 3.69. The van der Waals surface area contributed by atoms with Crippen molar-refractivity contribution < 1.29 is 4.74 Å². The Labute approximate surface area is 128 Å². The number of hydrogen-bond acceptors (Lipinski definition) is 3. The SMILES string of the molecule is Cc1cc(OCC2CCCC2)ccc1N1CCCC(N)C1. The molecule has 1 aliphatic heterocycles. The maximum absolute atomic E-state index is 6.09. The van der Waals surface area contributed by atoms with Crippen molar-refractivity contribution in [2.75, 3.05) is 24.6 Å². The van der Waals surface area contributed by atoms with Gasteiger partial charge in [0.1, 0.15) is 5.75 Å². The predicted octanol–water partition coefficient (Wildman–Crippen LogP) is 3.49. The Balaban J connectivity index is 1.61. The van der Waals surface area contributed by atoms with Gasteiger partial charge in [-0.25, -0.2) is 0 Å². The highest BCUT2D eigenvalue weighted by Gasteiger charge is 2.19. The van der Waals surface area contributed by atoms with Crippen LogP contribution in [-0.2, 0) is 0 Å². The molecule has 1 unspecified atom stereocenters. The van der Waals surface area contributed by atoms with Gasteiger partial charge >= 0.3 is 0 Å². The normalized spacial score (nSPS) is 23.5. The summed E-state index contributed by atoms with van der Waals surface area (Å²) in [6.45, 7) is 5.16. The molecule has 116 valence electrons. The Bertz CT molecular complexity index is 468. The minimum absolute atomic E-state index is 0.316. The molecule has 0 bridgehead atoms. The van der Waals surface area contributed by atoms with Crippen LogP contribution in [0.3, 0.4) is 0 Å². The van der Waals surface area contributed by atoms with Gasteiger partial charge < -0.3 is 15.4 Å². The van der Waals surface area contributed by atoms with Gasteiger partial charge in [0.2, 0.25) is 0 Å². The van der Waals surface area contributed by atoms with Crippen LogP contribution < -0.4 is 15.4 Å². The van der Waals surface area contributed by atoms with Crippen LogP contribution in [0.2, 0.25) is 0 Å². The van der Waals surface area contributed by atoms with Crippen LogP contribution in [0.15, 0.2) is 18.2 Å². The lowest BCUT2D eigenvalue weighted by atomic mass is 10.0. The number of benzene rings is 1. The lowest BCUT2D eigenvalue weighted by Crippen LogP contribution is -2.43. The first-order valence-corrected chi connectivity index (χ1v) is 8.46. The Morgan fingerprint density at radius 1 is 1.19 bits per heavy atom. The maximum Gasteiger partial charge on any atom is 0.119 e. The van der Waals surface area contributed by atoms with E-state index in [2.05, 4.69) is 30.0 Å². The van der Waals surface area contributed by atoms with Crippen molar-refractivity contribution >= 4 is 5.69 Å². The summed E-state index contributed by atoms with van der Waals surface area (Å²) < 4.78 is 5.99. The Morgan fingerprint density at radius 3 is 2.71 bits per heavy atom. The number of anilines is 1. The van der Waals surface area contributed by atoms with Gasteiger partial charge in [-0.15, -0.1) is 0 Å². The van der Waals surface area contributed by atoms with Gasteiger partial charge in [-0.1, -0.05) is 12.8 Å². The molecule has 21 heavy (non-hydrogen) atoms. The van der Waals surface area contributed by atoms with Gasteiger partial charge in [0.25, 0.3) is 0 Å². The Hall–Kier alpha value is -1.22. The van der Waals surface area contributed by atoms with Gasteiger partial charge in [0, 0.05) is 24.8 Å². The standard InChI is InChI=1S/C18H28N2O/c1-14-11-17(21-13-15-5-2-3-6-15)8-9-18(14)20-10-4-7-16(19)12-20/h8-9,11,15-16H,2-7,10,12-13,19H2,1H3. The van der Waals surface area contributed by atoms with Crippen molar-refractivity contribution in [1.29, 1.82) is 0 Å². The van der Waals surface area contributed by atoms with E-state index in [-0.39, 0.29) is 0 Å². The molecule has 1 heterocycles. The van der Waals surface area contributed by atoms with Gasteiger partial charge in [-0.3, -0.25) is 0 Å². The largest absolute Gasteiger partial charge is 0.493 e. The molecule has 3 heteroatoms. The van der Waals surface area contributed by atoms with Crippen molar-refractivity contribution in [3.8, 4) is 5.75 Å². The van der Waals surface area contributed by atoms with E-state index in [1.165, 1.54) is 43.4 Å². The lowest BCUT2D eigenvalue weighted by molar-refractivity contribution is 0.252. The average Bonchev–Trinajstić information content (AvgIpc) is 2.98. The Kier molecular flexibility index (Phi) is 4.69. The topological polar surface area (TPSA) is 38.5 Å². The van der Waals surface area contributed by atoms with Crippen LogP contribution in [-0.4, -0.2) is 25.7 Å². The van der Waals surface area contributed by atoms with Crippen molar-refractivity contribution in [1.82, 2.24) is 0 Å². The maximum atomic E-state index is 6.09. The third kappa shape index (κ3) is 3.70. The van der Waals surface area contributed by atoms with Gasteiger partial charge in [0.15, 0.2) is 0 Å². The minimum Gasteiger partial charge on any atom is -0.493 e. The van der Waals surface area contributed by atoms with E-state index in [0.717, 1.165) is 37.8 Å². The second kappa shape index (κ2) is 6.69. The number of rotatable bonds is 4. The summed E-state index contributed by atoms with van der Waals surface area (Å²) in [6.07, 6.45) is 7.77. The molecular weight excluding hydrogens is 260 g/mol. The van der Waals surface area contributed by atoms with E-state index < -0.39 is 0 Å².